The molecule has 14 heavy (non-hydrogen) atoms. The minimum Gasteiger partial charge on any atom is -0.382 e. The quantitative estimate of drug-likeness (QED) is 0.736. The van der Waals surface area contributed by atoms with Crippen molar-refractivity contribution in [2.75, 3.05) is 26.9 Å². The van der Waals surface area contributed by atoms with Crippen molar-refractivity contribution in [1.82, 2.24) is 0 Å². The third kappa shape index (κ3) is 4.40. The molecule has 0 unspecified atom stereocenters. The van der Waals surface area contributed by atoms with E-state index in [-0.39, 0.29) is 0 Å². The van der Waals surface area contributed by atoms with Crippen LogP contribution >= 0.6 is 43.2 Å². The molecule has 0 aliphatic carbocycles. The molecule has 0 aromatic carbocycles. The largest absolute Gasteiger partial charge is 0.382 e. The first kappa shape index (κ1) is 12.6. The summed E-state index contributed by atoms with van der Waals surface area (Å²) in [6.45, 7) is 2.07. The predicted molar refractivity (Wildman–Crippen MR) is 66.1 cm³/mol. The van der Waals surface area contributed by atoms with Gasteiger partial charge in [-0.05, 0) is 49.9 Å². The van der Waals surface area contributed by atoms with Gasteiger partial charge in [-0.2, -0.15) is 0 Å². The van der Waals surface area contributed by atoms with E-state index in [4.69, 9.17) is 9.47 Å². The van der Waals surface area contributed by atoms with Gasteiger partial charge in [0, 0.05) is 7.11 Å². The Morgan fingerprint density at radius 2 is 2.07 bits per heavy atom. The molecule has 0 aliphatic rings. The van der Waals surface area contributed by atoms with Gasteiger partial charge < -0.3 is 9.47 Å². The number of hydrogen-bond donors (Lipinski definition) is 0. The summed E-state index contributed by atoms with van der Waals surface area (Å²) in [6, 6.07) is 2.12. The van der Waals surface area contributed by atoms with Crippen LogP contribution in [-0.2, 0) is 15.9 Å². The zero-order valence-electron chi connectivity index (χ0n) is 7.89. The molecule has 0 bridgehead atoms. The standard InChI is InChI=1S/C9H12Br2O2S/c1-12-4-5-13-3-2-7-6-8(10)14-9(7)11/h6H,2-5H2,1H3. The van der Waals surface area contributed by atoms with Crippen molar-refractivity contribution in [3.05, 3.63) is 19.2 Å². The molecule has 0 saturated carbocycles. The number of halogens is 2. The Morgan fingerprint density at radius 3 is 2.64 bits per heavy atom. The predicted octanol–water partition coefficient (Wildman–Crippen LogP) is 3.48. The number of hydrogen-bond acceptors (Lipinski definition) is 3. The van der Waals surface area contributed by atoms with Crippen LogP contribution < -0.4 is 0 Å². The molecule has 0 spiro atoms. The highest BCUT2D eigenvalue weighted by Crippen LogP contribution is 2.31. The van der Waals surface area contributed by atoms with Crippen LogP contribution in [0.4, 0.5) is 0 Å². The Morgan fingerprint density at radius 1 is 1.29 bits per heavy atom. The minimum absolute atomic E-state index is 0.661. The first-order valence-corrected chi connectivity index (χ1v) is 6.64. The molecule has 0 atom stereocenters. The van der Waals surface area contributed by atoms with E-state index in [2.05, 4.69) is 37.9 Å². The second-order valence-electron chi connectivity index (χ2n) is 2.70. The number of methoxy groups -OCH3 is 1. The minimum atomic E-state index is 0.661. The van der Waals surface area contributed by atoms with Gasteiger partial charge in [0.25, 0.3) is 0 Å². The maximum atomic E-state index is 5.39. The maximum absolute atomic E-state index is 5.39. The highest BCUT2D eigenvalue weighted by Gasteiger charge is 2.04. The average Bonchev–Trinajstić information content (AvgIpc) is 2.45. The van der Waals surface area contributed by atoms with Gasteiger partial charge >= 0.3 is 0 Å². The summed E-state index contributed by atoms with van der Waals surface area (Å²) in [7, 11) is 1.68. The van der Waals surface area contributed by atoms with Crippen LogP contribution in [0.5, 0.6) is 0 Å². The molecule has 0 fully saturated rings. The first-order chi connectivity index (χ1) is 6.74. The molecule has 0 N–H and O–H groups in total. The van der Waals surface area contributed by atoms with Crippen molar-refractivity contribution in [3.63, 3.8) is 0 Å². The van der Waals surface area contributed by atoms with Gasteiger partial charge in [-0.15, -0.1) is 11.3 Å². The zero-order chi connectivity index (χ0) is 10.4. The van der Waals surface area contributed by atoms with E-state index in [9.17, 15) is 0 Å². The molecule has 5 heteroatoms. The molecule has 1 rings (SSSR count). The Balaban J connectivity index is 2.21. The van der Waals surface area contributed by atoms with E-state index in [1.807, 2.05) is 0 Å². The van der Waals surface area contributed by atoms with E-state index in [0.717, 1.165) is 16.8 Å². The Kier molecular flexibility index (Phi) is 6.28. The molecule has 2 nitrogen and oxygen atoms in total. The third-order valence-electron chi connectivity index (χ3n) is 1.67. The summed E-state index contributed by atoms with van der Waals surface area (Å²) in [5.74, 6) is 0. The molecule has 0 radical (unpaired) electrons. The molecule has 80 valence electrons. The second-order valence-corrected chi connectivity index (χ2v) is 6.45. The molecule has 1 heterocycles. The summed E-state index contributed by atoms with van der Waals surface area (Å²) in [4.78, 5) is 0. The topological polar surface area (TPSA) is 18.5 Å². The summed E-state index contributed by atoms with van der Waals surface area (Å²) < 4.78 is 12.6. The van der Waals surface area contributed by atoms with Gasteiger partial charge in [-0.25, -0.2) is 0 Å². The lowest BCUT2D eigenvalue weighted by molar-refractivity contribution is 0.0722. The molecule has 0 aliphatic heterocycles. The van der Waals surface area contributed by atoms with Crippen LogP contribution in [0.15, 0.2) is 13.6 Å². The van der Waals surface area contributed by atoms with Gasteiger partial charge in [0.1, 0.15) is 0 Å². The fourth-order valence-corrected chi connectivity index (χ4v) is 3.89. The number of thiophene rings is 1. The van der Waals surface area contributed by atoms with Crippen LogP contribution in [-0.4, -0.2) is 26.9 Å². The van der Waals surface area contributed by atoms with Crippen LogP contribution in [0.25, 0.3) is 0 Å². The molecule has 0 saturated heterocycles. The fourth-order valence-electron chi connectivity index (χ4n) is 0.971. The Labute approximate surface area is 105 Å². The van der Waals surface area contributed by atoms with Crippen molar-refractivity contribution in [1.29, 1.82) is 0 Å². The van der Waals surface area contributed by atoms with Crippen molar-refractivity contribution in [2.45, 2.75) is 6.42 Å². The van der Waals surface area contributed by atoms with Crippen LogP contribution in [0.1, 0.15) is 5.56 Å². The van der Waals surface area contributed by atoms with Crippen LogP contribution in [0, 0.1) is 0 Å². The highest BCUT2D eigenvalue weighted by atomic mass is 79.9. The summed E-state index contributed by atoms with van der Waals surface area (Å²) in [5.41, 5.74) is 1.29. The van der Waals surface area contributed by atoms with E-state index in [0.29, 0.717) is 13.2 Å². The lowest BCUT2D eigenvalue weighted by Gasteiger charge is -2.02. The number of ether oxygens (including phenoxy) is 2. The molecule has 1 aromatic rings. The van der Waals surface area contributed by atoms with Crippen molar-refractivity contribution in [3.8, 4) is 0 Å². The smallest absolute Gasteiger partial charge is 0.0743 e. The second kappa shape index (κ2) is 6.95. The highest BCUT2D eigenvalue weighted by molar-refractivity contribution is 9.12. The molecule has 1 aromatic heterocycles. The van der Waals surface area contributed by atoms with Gasteiger partial charge in [0.15, 0.2) is 0 Å². The van der Waals surface area contributed by atoms with Crippen molar-refractivity contribution >= 4 is 43.2 Å². The lowest BCUT2D eigenvalue weighted by atomic mass is 10.3. The van der Waals surface area contributed by atoms with Gasteiger partial charge in [-0.3, -0.25) is 0 Å². The summed E-state index contributed by atoms with van der Waals surface area (Å²) in [5, 5.41) is 0. The van der Waals surface area contributed by atoms with Crippen LogP contribution in [0.3, 0.4) is 0 Å². The monoisotopic (exact) mass is 342 g/mol. The summed E-state index contributed by atoms with van der Waals surface area (Å²) in [6.07, 6.45) is 0.937. The lowest BCUT2D eigenvalue weighted by Crippen LogP contribution is -2.04. The molecule has 0 amide bonds. The number of rotatable bonds is 6. The fraction of sp³-hybridized carbons (Fsp3) is 0.556. The van der Waals surface area contributed by atoms with Gasteiger partial charge in [0.2, 0.25) is 0 Å². The van der Waals surface area contributed by atoms with E-state index >= 15 is 0 Å². The van der Waals surface area contributed by atoms with E-state index in [1.54, 1.807) is 18.4 Å². The third-order valence-corrected chi connectivity index (χ3v) is 4.14. The van der Waals surface area contributed by atoms with E-state index in [1.165, 1.54) is 9.35 Å². The zero-order valence-corrected chi connectivity index (χ0v) is 11.9. The van der Waals surface area contributed by atoms with Crippen LogP contribution in [0.2, 0.25) is 0 Å². The normalized spacial score (nSPS) is 10.8. The van der Waals surface area contributed by atoms with Crippen molar-refractivity contribution < 1.29 is 9.47 Å². The average molecular weight is 344 g/mol. The Hall–Kier alpha value is 0.580. The first-order valence-electron chi connectivity index (χ1n) is 4.24. The Bertz CT molecular complexity index is 276. The van der Waals surface area contributed by atoms with Gasteiger partial charge in [0.05, 0.1) is 27.4 Å². The molecular formula is C9H12Br2O2S. The van der Waals surface area contributed by atoms with E-state index < -0.39 is 0 Å². The summed E-state index contributed by atoms with van der Waals surface area (Å²) >= 11 is 8.64. The molecular weight excluding hydrogens is 332 g/mol. The SMILES string of the molecule is COCCOCCc1cc(Br)sc1Br. The van der Waals surface area contributed by atoms with Gasteiger partial charge in [-0.1, -0.05) is 0 Å². The maximum Gasteiger partial charge on any atom is 0.0743 e. The van der Waals surface area contributed by atoms with Crippen molar-refractivity contribution in [2.24, 2.45) is 0 Å².